The molecule has 0 aliphatic heterocycles. The number of nitrogens with zero attached hydrogens (tertiary/aromatic N) is 6. The molecule has 2 fully saturated rings. The SMILES string of the molecule is CCC(NC(=O)c1cnc2c(cnn2CC)c1NC1CCCCC1)c1ccc(C(C)C)cc1.CCn1ncc2c(NC3CCCCC3)c(C(=O)NCCCc3ccc(C)cc3)cnc21. The summed E-state index contributed by atoms with van der Waals surface area (Å²) in [6.45, 7) is 14.8. The normalized spacial score (nSPS) is 15.2. The van der Waals surface area contributed by atoms with Crippen molar-refractivity contribution in [1.29, 1.82) is 0 Å². The van der Waals surface area contributed by atoms with E-state index in [4.69, 9.17) is 0 Å². The van der Waals surface area contributed by atoms with Crippen LogP contribution in [0.5, 0.6) is 0 Å². The van der Waals surface area contributed by atoms with Gasteiger partial charge in [-0.2, -0.15) is 10.2 Å². The van der Waals surface area contributed by atoms with E-state index in [1.807, 2.05) is 21.8 Å². The van der Waals surface area contributed by atoms with Crippen molar-refractivity contribution < 1.29 is 9.59 Å². The summed E-state index contributed by atoms with van der Waals surface area (Å²) >= 11 is 0. The zero-order valence-corrected chi connectivity index (χ0v) is 39.1. The third kappa shape index (κ3) is 11.3. The van der Waals surface area contributed by atoms with Gasteiger partial charge in [0.25, 0.3) is 11.8 Å². The number of hydrogen-bond donors (Lipinski definition) is 4. The summed E-state index contributed by atoms with van der Waals surface area (Å²) in [5, 5.41) is 24.6. The Balaban J connectivity index is 0.000000192. The third-order valence-corrected chi connectivity index (χ3v) is 13.1. The summed E-state index contributed by atoms with van der Waals surface area (Å²) < 4.78 is 3.76. The van der Waals surface area contributed by atoms with Gasteiger partial charge in [-0.05, 0) is 88.3 Å². The van der Waals surface area contributed by atoms with Crippen LogP contribution in [0.15, 0.2) is 73.3 Å². The van der Waals surface area contributed by atoms with Gasteiger partial charge in [-0.3, -0.25) is 9.59 Å². The van der Waals surface area contributed by atoms with E-state index in [9.17, 15) is 9.59 Å². The fourth-order valence-electron chi connectivity index (χ4n) is 9.19. The van der Waals surface area contributed by atoms with Crippen molar-refractivity contribution in [2.75, 3.05) is 17.2 Å². The van der Waals surface area contributed by atoms with Gasteiger partial charge < -0.3 is 21.3 Å². The first-order chi connectivity index (χ1) is 31.2. The Hall–Kier alpha value is -5.78. The molecule has 64 heavy (non-hydrogen) atoms. The zero-order chi connectivity index (χ0) is 45.0. The van der Waals surface area contributed by atoms with E-state index in [1.54, 1.807) is 12.4 Å². The van der Waals surface area contributed by atoms with E-state index in [1.165, 1.54) is 55.2 Å². The molecule has 4 N–H and O–H groups in total. The molecular weight excluding hydrogens is 797 g/mol. The molecule has 0 spiro atoms. The van der Waals surface area contributed by atoms with Crippen molar-refractivity contribution in [1.82, 2.24) is 40.2 Å². The maximum Gasteiger partial charge on any atom is 0.255 e. The number of hydrogen-bond acceptors (Lipinski definition) is 8. The van der Waals surface area contributed by atoms with Crippen molar-refractivity contribution >= 4 is 45.3 Å². The van der Waals surface area contributed by atoms with E-state index < -0.39 is 0 Å². The lowest BCUT2D eigenvalue weighted by Gasteiger charge is -2.26. The number of carbonyl (C=O) groups excluding carboxylic acids is 2. The van der Waals surface area contributed by atoms with Gasteiger partial charge in [-0.15, -0.1) is 0 Å². The quantitative estimate of drug-likeness (QED) is 0.0704. The van der Waals surface area contributed by atoms with Gasteiger partial charge in [0.1, 0.15) is 0 Å². The molecule has 0 saturated heterocycles. The Kier molecular flexibility index (Phi) is 16.0. The van der Waals surface area contributed by atoms with Crippen LogP contribution >= 0.6 is 0 Å². The molecule has 2 aromatic carbocycles. The molecule has 2 aliphatic carbocycles. The number of aryl methyl sites for hydroxylation is 4. The van der Waals surface area contributed by atoms with E-state index >= 15 is 0 Å². The number of pyridine rings is 2. The van der Waals surface area contributed by atoms with Crippen LogP contribution in [0.4, 0.5) is 11.4 Å². The second-order valence-electron chi connectivity index (χ2n) is 18.0. The molecule has 0 radical (unpaired) electrons. The molecule has 12 heteroatoms. The molecule has 0 bridgehead atoms. The van der Waals surface area contributed by atoms with Crippen LogP contribution in [0.2, 0.25) is 0 Å². The average Bonchev–Trinajstić information content (AvgIpc) is 3.96. The zero-order valence-electron chi connectivity index (χ0n) is 39.1. The number of rotatable bonds is 16. The van der Waals surface area contributed by atoms with Gasteiger partial charge >= 0.3 is 0 Å². The van der Waals surface area contributed by atoms with E-state index in [2.05, 4.69) is 132 Å². The summed E-state index contributed by atoms with van der Waals surface area (Å²) in [6.07, 6.45) is 21.8. The molecule has 4 aromatic heterocycles. The number of benzene rings is 2. The predicted molar refractivity (Wildman–Crippen MR) is 260 cm³/mol. The maximum absolute atomic E-state index is 13.5. The van der Waals surface area contributed by atoms with Crippen LogP contribution < -0.4 is 21.3 Å². The fourth-order valence-corrected chi connectivity index (χ4v) is 9.19. The molecule has 1 atom stereocenters. The van der Waals surface area contributed by atoms with Gasteiger partial charge in [-0.1, -0.05) is 113 Å². The monoisotopic (exact) mass is 867 g/mol. The Morgan fingerprint density at radius 3 is 1.64 bits per heavy atom. The summed E-state index contributed by atoms with van der Waals surface area (Å²) in [4.78, 5) is 35.8. The number of carbonyl (C=O) groups is 2. The van der Waals surface area contributed by atoms with Crippen molar-refractivity contribution in [3.05, 3.63) is 107 Å². The molecule has 12 nitrogen and oxygen atoms in total. The van der Waals surface area contributed by atoms with E-state index in [-0.39, 0.29) is 17.9 Å². The Labute approximate surface area is 379 Å². The number of anilines is 2. The maximum atomic E-state index is 13.5. The van der Waals surface area contributed by atoms with Crippen LogP contribution in [0.25, 0.3) is 22.1 Å². The molecule has 2 saturated carbocycles. The highest BCUT2D eigenvalue weighted by atomic mass is 16.2. The molecule has 1 unspecified atom stereocenters. The second kappa shape index (κ2) is 22.2. The summed E-state index contributed by atoms with van der Waals surface area (Å²) in [5.74, 6) is 0.330. The van der Waals surface area contributed by atoms with Crippen LogP contribution in [0, 0.1) is 6.92 Å². The average molecular weight is 867 g/mol. The Morgan fingerprint density at radius 1 is 0.656 bits per heavy atom. The lowest BCUT2D eigenvalue weighted by Crippen LogP contribution is -2.30. The Bertz CT molecular complexity index is 2440. The van der Waals surface area contributed by atoms with E-state index in [0.717, 1.165) is 97.0 Å². The number of nitrogens with one attached hydrogen (secondary N) is 4. The summed E-state index contributed by atoms with van der Waals surface area (Å²) in [5.41, 5.74) is 9.62. The van der Waals surface area contributed by atoms with Crippen molar-refractivity contribution in [3.8, 4) is 0 Å². The van der Waals surface area contributed by atoms with Crippen LogP contribution in [-0.4, -0.2) is 60.0 Å². The first kappa shape index (κ1) is 46.2. The fraction of sp³-hybridized carbons (Fsp3) is 0.500. The van der Waals surface area contributed by atoms with Gasteiger partial charge in [0.2, 0.25) is 0 Å². The molecule has 2 aliphatic rings. The molecule has 4 heterocycles. The topological polar surface area (TPSA) is 144 Å². The van der Waals surface area contributed by atoms with Crippen LogP contribution in [-0.2, 0) is 19.5 Å². The molecular formula is C52H70N10O2. The first-order valence-corrected chi connectivity index (χ1v) is 24.1. The molecule has 2 amide bonds. The van der Waals surface area contributed by atoms with Gasteiger partial charge in [0, 0.05) is 44.1 Å². The highest BCUT2D eigenvalue weighted by Crippen LogP contribution is 2.32. The van der Waals surface area contributed by atoms with E-state index in [0.29, 0.717) is 35.7 Å². The minimum Gasteiger partial charge on any atom is -0.381 e. The summed E-state index contributed by atoms with van der Waals surface area (Å²) in [6, 6.07) is 17.9. The number of fused-ring (bicyclic) bond motifs is 2. The van der Waals surface area contributed by atoms with Crippen LogP contribution in [0.3, 0.4) is 0 Å². The lowest BCUT2D eigenvalue weighted by molar-refractivity contribution is 0.0932. The minimum atomic E-state index is -0.0910. The second-order valence-corrected chi connectivity index (χ2v) is 18.0. The number of amides is 2. The minimum absolute atomic E-state index is 0.0460. The van der Waals surface area contributed by atoms with Crippen molar-refractivity contribution in [3.63, 3.8) is 0 Å². The summed E-state index contributed by atoms with van der Waals surface area (Å²) in [7, 11) is 0. The van der Waals surface area contributed by atoms with Crippen molar-refractivity contribution in [2.24, 2.45) is 0 Å². The lowest BCUT2D eigenvalue weighted by atomic mass is 9.95. The Morgan fingerprint density at radius 2 is 1.16 bits per heavy atom. The third-order valence-electron chi connectivity index (χ3n) is 13.1. The molecule has 6 aromatic rings. The first-order valence-electron chi connectivity index (χ1n) is 24.1. The van der Waals surface area contributed by atoms with Crippen molar-refractivity contribution in [2.45, 2.75) is 162 Å². The highest BCUT2D eigenvalue weighted by molar-refractivity contribution is 6.07. The van der Waals surface area contributed by atoms with Gasteiger partial charge in [0.05, 0.1) is 51.7 Å². The number of aromatic nitrogens is 6. The largest absolute Gasteiger partial charge is 0.381 e. The molecule has 340 valence electrons. The van der Waals surface area contributed by atoms with Gasteiger partial charge in [0.15, 0.2) is 11.3 Å². The smallest absolute Gasteiger partial charge is 0.255 e. The highest BCUT2D eigenvalue weighted by Gasteiger charge is 2.25. The van der Waals surface area contributed by atoms with Crippen LogP contribution in [0.1, 0.15) is 167 Å². The van der Waals surface area contributed by atoms with Gasteiger partial charge in [-0.25, -0.2) is 19.3 Å². The standard InChI is InChI=1S/C27H37N5O.C25H33N5O/c1-5-24(20-14-12-19(13-15-20)18(3)4)31-27(33)23-16-28-26-22(17-29-32(26)6-2)25(23)30-21-10-8-7-9-11-21;1-3-30-24-21(17-28-30)23(29-20-9-5-4-6-10-20)22(16-27-24)25(31)26-15-7-8-19-13-11-18(2)12-14-19/h12-18,21,24H,5-11H2,1-4H3,(H,28,30)(H,31,33);11-14,16-17,20H,3-10,15H2,1-2H3,(H,26,31)(H,27,29). The predicted octanol–water partition coefficient (Wildman–Crippen LogP) is 11.1. The molecule has 8 rings (SSSR count).